The molecule has 2 N–H and O–H groups in total. The average molecular weight is 400 g/mol. The van der Waals surface area contributed by atoms with Gasteiger partial charge in [0.15, 0.2) is 5.82 Å². The van der Waals surface area contributed by atoms with Gasteiger partial charge >= 0.3 is 5.91 Å². The number of benzene rings is 2. The van der Waals surface area contributed by atoms with Crippen molar-refractivity contribution in [3.63, 3.8) is 0 Å². The first-order valence-electron chi connectivity index (χ1n) is 9.73. The Balaban J connectivity index is 1.58. The van der Waals surface area contributed by atoms with Crippen LogP contribution >= 0.6 is 0 Å². The number of nitriles is 1. The average Bonchev–Trinajstić information content (AvgIpc) is 3.47. The zero-order valence-corrected chi connectivity index (χ0v) is 16.2. The number of amides is 2. The lowest BCUT2D eigenvalue weighted by molar-refractivity contribution is -0.128. The molecule has 1 saturated carbocycles. The largest absolute Gasteiger partial charge is 0.309 e. The van der Waals surface area contributed by atoms with Crippen molar-refractivity contribution in [1.82, 2.24) is 25.6 Å². The summed E-state index contributed by atoms with van der Waals surface area (Å²) < 4.78 is 1.58. The Labute approximate surface area is 173 Å². The Kier molecular flexibility index (Phi) is 5.26. The van der Waals surface area contributed by atoms with Gasteiger partial charge in [0.2, 0.25) is 5.82 Å². The van der Waals surface area contributed by atoms with Crippen LogP contribution in [0.3, 0.4) is 0 Å². The monoisotopic (exact) mass is 400 g/mol. The molecule has 0 unspecified atom stereocenters. The van der Waals surface area contributed by atoms with Crippen LogP contribution in [-0.4, -0.2) is 26.6 Å². The first-order valence-corrected chi connectivity index (χ1v) is 9.73. The molecule has 0 bridgehead atoms. The van der Waals surface area contributed by atoms with Crippen molar-refractivity contribution >= 4 is 11.8 Å². The number of para-hydroxylation sites is 1. The molecule has 2 amide bonds. The molecule has 0 atom stereocenters. The third-order valence-corrected chi connectivity index (χ3v) is 5.24. The van der Waals surface area contributed by atoms with Gasteiger partial charge in [-0.05, 0) is 25.0 Å². The number of hydrogen-bond donors (Lipinski definition) is 2. The van der Waals surface area contributed by atoms with Gasteiger partial charge < -0.3 is 0 Å². The van der Waals surface area contributed by atoms with Gasteiger partial charge in [-0.1, -0.05) is 61.4 Å². The van der Waals surface area contributed by atoms with Crippen LogP contribution in [-0.2, 0) is 4.79 Å². The quantitative estimate of drug-likeness (QED) is 0.654. The standard InChI is InChI=1S/C22H20N6O2/c23-15-22(13-7-8-14-22)21(30)26-25-20(29)18-24-19(16-9-3-1-4-10-16)28(27-18)17-11-5-2-6-12-17/h1-6,9-12H,7-8,13-14H2,(H,25,29)(H,26,30). The summed E-state index contributed by atoms with van der Waals surface area (Å²) in [5.41, 5.74) is 5.19. The SMILES string of the molecule is N#CC1(C(=O)NNC(=O)c2nc(-c3ccccc3)n(-c3ccccc3)n2)CCCC1. The highest BCUT2D eigenvalue weighted by molar-refractivity contribution is 5.94. The normalized spacial score (nSPS) is 14.6. The maximum Gasteiger partial charge on any atom is 0.309 e. The summed E-state index contributed by atoms with van der Waals surface area (Å²) in [7, 11) is 0. The number of carbonyl (C=O) groups excluding carboxylic acids is 2. The van der Waals surface area contributed by atoms with Crippen LogP contribution in [0, 0.1) is 16.7 Å². The summed E-state index contributed by atoms with van der Waals surface area (Å²) in [6, 6.07) is 20.9. The maximum absolute atomic E-state index is 12.6. The van der Waals surface area contributed by atoms with Gasteiger partial charge in [0.05, 0.1) is 11.8 Å². The van der Waals surface area contributed by atoms with E-state index in [0.717, 1.165) is 24.1 Å². The maximum atomic E-state index is 12.6. The molecule has 8 nitrogen and oxygen atoms in total. The predicted molar refractivity (Wildman–Crippen MR) is 109 cm³/mol. The molecule has 1 fully saturated rings. The highest BCUT2D eigenvalue weighted by atomic mass is 16.2. The van der Waals surface area contributed by atoms with E-state index in [1.54, 1.807) is 4.68 Å². The van der Waals surface area contributed by atoms with Crippen molar-refractivity contribution in [3.8, 4) is 23.1 Å². The van der Waals surface area contributed by atoms with E-state index in [2.05, 4.69) is 27.0 Å². The first kappa shape index (κ1) is 19.3. The molecular formula is C22H20N6O2. The third kappa shape index (κ3) is 3.65. The minimum absolute atomic E-state index is 0.0876. The lowest BCUT2D eigenvalue weighted by atomic mass is 9.87. The second-order valence-electron chi connectivity index (χ2n) is 7.18. The van der Waals surface area contributed by atoms with Crippen LogP contribution in [0.5, 0.6) is 0 Å². The molecule has 1 heterocycles. The van der Waals surface area contributed by atoms with Gasteiger partial charge in [0, 0.05) is 5.56 Å². The fourth-order valence-electron chi connectivity index (χ4n) is 3.59. The summed E-state index contributed by atoms with van der Waals surface area (Å²) >= 11 is 0. The number of hydrazine groups is 1. The van der Waals surface area contributed by atoms with E-state index in [1.807, 2.05) is 60.7 Å². The van der Waals surface area contributed by atoms with Gasteiger partial charge in [-0.2, -0.15) is 5.26 Å². The summed E-state index contributed by atoms with van der Waals surface area (Å²) in [4.78, 5) is 29.5. The molecule has 3 aromatic rings. The molecule has 4 rings (SSSR count). The summed E-state index contributed by atoms with van der Waals surface area (Å²) in [5.74, 6) is -0.735. The molecule has 30 heavy (non-hydrogen) atoms. The van der Waals surface area contributed by atoms with Crippen molar-refractivity contribution in [1.29, 1.82) is 5.26 Å². The van der Waals surface area contributed by atoms with E-state index in [9.17, 15) is 14.9 Å². The Morgan fingerprint density at radius 3 is 2.23 bits per heavy atom. The zero-order chi connectivity index (χ0) is 21.0. The number of carbonyl (C=O) groups is 2. The number of hydrogen-bond acceptors (Lipinski definition) is 5. The van der Waals surface area contributed by atoms with Crippen LogP contribution in [0.2, 0.25) is 0 Å². The minimum atomic E-state index is -1.08. The molecule has 150 valence electrons. The number of rotatable bonds is 4. The number of nitrogens with zero attached hydrogens (tertiary/aromatic N) is 4. The Morgan fingerprint density at radius 2 is 1.60 bits per heavy atom. The second kappa shape index (κ2) is 8.17. The molecule has 1 aliphatic carbocycles. The molecule has 0 radical (unpaired) electrons. The summed E-state index contributed by atoms with van der Waals surface area (Å²) in [6.07, 6.45) is 2.62. The van der Waals surface area contributed by atoms with Crippen LogP contribution in [0.4, 0.5) is 0 Å². The Bertz CT molecular complexity index is 1040. The topological polar surface area (TPSA) is 113 Å². The Hall–Kier alpha value is -3.99. The van der Waals surface area contributed by atoms with Crippen molar-refractivity contribution in [2.45, 2.75) is 25.7 Å². The van der Waals surface area contributed by atoms with E-state index in [-0.39, 0.29) is 5.82 Å². The van der Waals surface area contributed by atoms with Gasteiger partial charge in [0.25, 0.3) is 5.91 Å². The smallest absolute Gasteiger partial charge is 0.271 e. The van der Waals surface area contributed by atoms with Crippen LogP contribution in [0.25, 0.3) is 17.1 Å². The molecule has 0 spiro atoms. The fourth-order valence-corrected chi connectivity index (χ4v) is 3.59. The van der Waals surface area contributed by atoms with E-state index < -0.39 is 17.2 Å². The molecule has 1 aliphatic rings. The fraction of sp³-hybridized carbons (Fsp3) is 0.227. The van der Waals surface area contributed by atoms with Crippen LogP contribution < -0.4 is 10.9 Å². The minimum Gasteiger partial charge on any atom is -0.271 e. The predicted octanol–water partition coefficient (Wildman–Crippen LogP) is 2.78. The lowest BCUT2D eigenvalue weighted by Gasteiger charge is -2.18. The molecule has 0 aliphatic heterocycles. The van der Waals surface area contributed by atoms with E-state index >= 15 is 0 Å². The van der Waals surface area contributed by atoms with Crippen LogP contribution in [0.15, 0.2) is 60.7 Å². The Morgan fingerprint density at radius 1 is 0.967 bits per heavy atom. The lowest BCUT2D eigenvalue weighted by Crippen LogP contribution is -2.48. The zero-order valence-electron chi connectivity index (χ0n) is 16.2. The highest BCUT2D eigenvalue weighted by Gasteiger charge is 2.41. The van der Waals surface area contributed by atoms with Crippen molar-refractivity contribution in [2.24, 2.45) is 5.41 Å². The molecule has 2 aromatic carbocycles. The van der Waals surface area contributed by atoms with Gasteiger partial charge in [-0.15, -0.1) is 5.10 Å². The first-order chi connectivity index (χ1) is 14.6. The number of nitrogens with one attached hydrogen (secondary N) is 2. The molecule has 1 aromatic heterocycles. The van der Waals surface area contributed by atoms with Crippen molar-refractivity contribution in [2.75, 3.05) is 0 Å². The van der Waals surface area contributed by atoms with Gasteiger partial charge in [0.1, 0.15) is 5.41 Å². The molecule has 8 heteroatoms. The van der Waals surface area contributed by atoms with E-state index in [4.69, 9.17) is 0 Å². The van der Waals surface area contributed by atoms with E-state index in [0.29, 0.717) is 18.7 Å². The second-order valence-corrected chi connectivity index (χ2v) is 7.18. The summed E-state index contributed by atoms with van der Waals surface area (Å²) in [5, 5.41) is 13.8. The molecule has 0 saturated heterocycles. The van der Waals surface area contributed by atoms with E-state index in [1.165, 1.54) is 0 Å². The van der Waals surface area contributed by atoms with Crippen molar-refractivity contribution in [3.05, 3.63) is 66.5 Å². The van der Waals surface area contributed by atoms with Gasteiger partial charge in [-0.25, -0.2) is 9.67 Å². The highest BCUT2D eigenvalue weighted by Crippen LogP contribution is 2.37. The van der Waals surface area contributed by atoms with Crippen LogP contribution in [0.1, 0.15) is 36.3 Å². The van der Waals surface area contributed by atoms with Crippen molar-refractivity contribution < 1.29 is 9.59 Å². The summed E-state index contributed by atoms with van der Waals surface area (Å²) in [6.45, 7) is 0. The molecular weight excluding hydrogens is 380 g/mol. The number of aromatic nitrogens is 3. The third-order valence-electron chi connectivity index (χ3n) is 5.24. The van der Waals surface area contributed by atoms with Gasteiger partial charge in [-0.3, -0.25) is 20.4 Å².